The van der Waals surface area contributed by atoms with Crippen LogP contribution in [-0.2, 0) is 18.6 Å². The van der Waals surface area contributed by atoms with Gasteiger partial charge in [-0.3, -0.25) is 19.3 Å². The van der Waals surface area contributed by atoms with Crippen LogP contribution in [0.4, 0.5) is 8.78 Å². The smallest absolute Gasteiger partial charge is 0.277 e. The lowest BCUT2D eigenvalue weighted by atomic mass is 10.1. The minimum atomic E-state index is -0.864. The van der Waals surface area contributed by atoms with Crippen molar-refractivity contribution in [2.24, 2.45) is 4.99 Å². The van der Waals surface area contributed by atoms with Gasteiger partial charge >= 0.3 is 0 Å². The molecule has 11 heteroatoms. The van der Waals surface area contributed by atoms with Crippen LogP contribution in [0.5, 0.6) is 5.75 Å². The molecule has 4 rings (SSSR count). The van der Waals surface area contributed by atoms with Crippen molar-refractivity contribution >= 4 is 23.5 Å². The summed E-state index contributed by atoms with van der Waals surface area (Å²) in [6, 6.07) is 4.00. The van der Waals surface area contributed by atoms with E-state index in [4.69, 9.17) is 16.3 Å². The molecule has 3 aromatic rings. The number of allylic oxidation sites excluding steroid dienone is 3. The van der Waals surface area contributed by atoms with Gasteiger partial charge in [0.2, 0.25) is 0 Å². The standard InChI is InChI=1S/C27H26ClF2N5O3/c1-4-22(16(2)11-31-13-19-5-8-32-26(34-19)27(15-36)6-7-27)35-17(3)9-23(24(28)25(35)37)38-14-21-20(30)10-18(29)12-33-21/h4-5,8-12,36H,1,6-7,13-15H2,2-3H3/b22-16+,31-11?. The first kappa shape index (κ1) is 27.3. The maximum atomic E-state index is 13.9. The Morgan fingerprint density at radius 3 is 2.76 bits per heavy atom. The van der Waals surface area contributed by atoms with E-state index in [-0.39, 0.29) is 41.6 Å². The van der Waals surface area contributed by atoms with Crippen molar-refractivity contribution in [2.45, 2.75) is 45.3 Å². The third-order valence-corrected chi connectivity index (χ3v) is 6.62. The molecule has 0 spiro atoms. The molecule has 3 heterocycles. The molecule has 1 aliphatic carbocycles. The zero-order valence-corrected chi connectivity index (χ0v) is 21.7. The second-order valence-corrected chi connectivity index (χ2v) is 9.41. The highest BCUT2D eigenvalue weighted by molar-refractivity contribution is 6.31. The summed E-state index contributed by atoms with van der Waals surface area (Å²) in [5, 5.41) is 9.42. The summed E-state index contributed by atoms with van der Waals surface area (Å²) in [4.78, 5) is 30.1. The molecule has 1 aliphatic rings. The minimum absolute atomic E-state index is 0.0186. The van der Waals surface area contributed by atoms with Crippen LogP contribution in [-0.4, -0.2) is 37.4 Å². The van der Waals surface area contributed by atoms with E-state index < -0.39 is 17.2 Å². The Hall–Kier alpha value is -3.76. The molecule has 0 radical (unpaired) electrons. The normalized spacial score (nSPS) is 14.9. The summed E-state index contributed by atoms with van der Waals surface area (Å²) in [6.07, 6.45) is 7.40. The molecular formula is C27H26ClF2N5O3. The number of pyridine rings is 2. The molecule has 198 valence electrons. The van der Waals surface area contributed by atoms with Crippen LogP contribution in [0, 0.1) is 18.6 Å². The van der Waals surface area contributed by atoms with E-state index >= 15 is 0 Å². The average Bonchev–Trinajstić information content (AvgIpc) is 3.70. The number of aryl methyl sites for hydroxylation is 1. The molecule has 0 bridgehead atoms. The second-order valence-electron chi connectivity index (χ2n) is 9.03. The third-order valence-electron chi connectivity index (χ3n) is 6.27. The summed E-state index contributed by atoms with van der Waals surface area (Å²) >= 11 is 6.31. The van der Waals surface area contributed by atoms with Gasteiger partial charge in [-0.1, -0.05) is 18.2 Å². The molecule has 0 aliphatic heterocycles. The van der Waals surface area contributed by atoms with E-state index in [1.54, 1.807) is 32.3 Å². The van der Waals surface area contributed by atoms with E-state index in [0.717, 1.165) is 19.0 Å². The molecule has 8 nitrogen and oxygen atoms in total. The highest BCUT2D eigenvalue weighted by Gasteiger charge is 2.46. The van der Waals surface area contributed by atoms with Gasteiger partial charge in [0, 0.05) is 30.2 Å². The Kier molecular flexibility index (Phi) is 8.13. The van der Waals surface area contributed by atoms with E-state index in [1.165, 1.54) is 16.7 Å². The SMILES string of the molecule is C=C/C(=C(/C)C=NCc1ccnc(C2(CO)CC2)n1)n1c(C)cc(OCc2ncc(F)cc2F)c(Cl)c1=O. The van der Waals surface area contributed by atoms with Gasteiger partial charge in [0.05, 0.1) is 36.2 Å². The first-order chi connectivity index (χ1) is 18.2. The molecule has 0 aromatic carbocycles. The monoisotopic (exact) mass is 541 g/mol. The van der Waals surface area contributed by atoms with Crippen molar-refractivity contribution in [3.63, 3.8) is 0 Å². The molecule has 0 unspecified atom stereocenters. The highest BCUT2D eigenvalue weighted by atomic mass is 35.5. The maximum Gasteiger partial charge on any atom is 0.277 e. The number of rotatable bonds is 10. The summed E-state index contributed by atoms with van der Waals surface area (Å²) < 4.78 is 33.9. The van der Waals surface area contributed by atoms with E-state index in [0.29, 0.717) is 34.5 Å². The van der Waals surface area contributed by atoms with Crippen molar-refractivity contribution in [1.82, 2.24) is 19.5 Å². The molecule has 1 fully saturated rings. The van der Waals surface area contributed by atoms with Gasteiger partial charge in [0.25, 0.3) is 5.56 Å². The predicted octanol–water partition coefficient (Wildman–Crippen LogP) is 4.56. The van der Waals surface area contributed by atoms with Crippen LogP contribution in [0.2, 0.25) is 5.02 Å². The number of hydrogen-bond donors (Lipinski definition) is 1. The summed E-state index contributed by atoms with van der Waals surface area (Å²) in [5.41, 5.74) is 1.31. The van der Waals surface area contributed by atoms with E-state index in [1.807, 2.05) is 0 Å². The van der Waals surface area contributed by atoms with Crippen molar-refractivity contribution < 1.29 is 18.6 Å². The quantitative estimate of drug-likeness (QED) is 0.298. The lowest BCUT2D eigenvalue weighted by molar-refractivity contribution is 0.249. The van der Waals surface area contributed by atoms with Gasteiger partial charge < -0.3 is 9.84 Å². The summed E-state index contributed by atoms with van der Waals surface area (Å²) in [5.74, 6) is -0.998. The van der Waals surface area contributed by atoms with Crippen molar-refractivity contribution in [3.05, 3.63) is 98.7 Å². The van der Waals surface area contributed by atoms with Gasteiger partial charge in [-0.25, -0.2) is 18.7 Å². The molecule has 0 saturated heterocycles. The van der Waals surface area contributed by atoms with Crippen molar-refractivity contribution in [1.29, 1.82) is 0 Å². The number of halogens is 3. The number of aliphatic imine (C=N–C) groups is 1. The average molecular weight is 542 g/mol. The lowest BCUT2D eigenvalue weighted by Gasteiger charge is -2.16. The first-order valence-corrected chi connectivity index (χ1v) is 12.2. The van der Waals surface area contributed by atoms with Crippen LogP contribution in [0.1, 0.15) is 42.7 Å². The molecule has 1 N–H and O–H groups in total. The lowest BCUT2D eigenvalue weighted by Crippen LogP contribution is -2.23. The van der Waals surface area contributed by atoms with Crippen LogP contribution >= 0.6 is 11.6 Å². The third kappa shape index (κ3) is 5.71. The molecule has 0 atom stereocenters. The fourth-order valence-corrected chi connectivity index (χ4v) is 4.09. The van der Waals surface area contributed by atoms with E-state index in [2.05, 4.69) is 26.5 Å². The van der Waals surface area contributed by atoms with E-state index in [9.17, 15) is 18.7 Å². The Bertz CT molecular complexity index is 1500. The molecular weight excluding hydrogens is 516 g/mol. The topological polar surface area (TPSA) is 102 Å². The Labute approximate surface area is 223 Å². The molecule has 38 heavy (non-hydrogen) atoms. The van der Waals surface area contributed by atoms with Gasteiger partial charge in [-0.15, -0.1) is 0 Å². The largest absolute Gasteiger partial charge is 0.485 e. The van der Waals surface area contributed by atoms with Crippen molar-refractivity contribution in [2.75, 3.05) is 6.61 Å². The summed E-state index contributed by atoms with van der Waals surface area (Å²) in [6.45, 7) is 7.26. The van der Waals surface area contributed by atoms with Gasteiger partial charge in [-0.2, -0.15) is 0 Å². The van der Waals surface area contributed by atoms with Crippen molar-refractivity contribution in [3.8, 4) is 5.75 Å². The number of aliphatic hydroxyl groups excluding tert-OH is 1. The molecule has 1 saturated carbocycles. The minimum Gasteiger partial charge on any atom is -0.485 e. The second kappa shape index (κ2) is 11.3. The number of hydrogen-bond acceptors (Lipinski definition) is 7. The Balaban J connectivity index is 1.54. The molecule has 0 amide bonds. The fraction of sp³-hybridized carbons (Fsp3) is 0.296. The highest BCUT2D eigenvalue weighted by Crippen LogP contribution is 2.45. The van der Waals surface area contributed by atoms with Gasteiger partial charge in [-0.05, 0) is 44.4 Å². The number of aliphatic hydroxyl groups is 1. The number of nitrogens with zero attached hydrogens (tertiary/aromatic N) is 5. The van der Waals surface area contributed by atoms with Crippen LogP contribution in [0.3, 0.4) is 0 Å². The fourth-order valence-electron chi connectivity index (χ4n) is 3.89. The zero-order valence-electron chi connectivity index (χ0n) is 20.9. The van der Waals surface area contributed by atoms with Crippen LogP contribution < -0.4 is 10.3 Å². The van der Waals surface area contributed by atoms with Crippen LogP contribution in [0.15, 0.2) is 58.6 Å². The Morgan fingerprint density at radius 2 is 2.11 bits per heavy atom. The number of aromatic nitrogens is 4. The number of ether oxygens (including phenoxy) is 1. The van der Waals surface area contributed by atoms with Gasteiger partial charge in [0.15, 0.2) is 5.82 Å². The predicted molar refractivity (Wildman–Crippen MR) is 140 cm³/mol. The molecule has 3 aromatic heterocycles. The first-order valence-electron chi connectivity index (χ1n) is 11.8. The zero-order chi connectivity index (χ0) is 27.4. The summed E-state index contributed by atoms with van der Waals surface area (Å²) in [7, 11) is 0. The van der Waals surface area contributed by atoms with Gasteiger partial charge in [0.1, 0.15) is 34.7 Å². The maximum absolute atomic E-state index is 13.9. The van der Waals surface area contributed by atoms with Crippen LogP contribution in [0.25, 0.3) is 5.70 Å². The Morgan fingerprint density at radius 1 is 1.34 bits per heavy atom.